The molecular weight excluding hydrogens is 331 g/mol. The number of carbonyl (C=O) groups excluding carboxylic acids is 1. The highest BCUT2D eigenvalue weighted by Gasteiger charge is 2.11. The van der Waals surface area contributed by atoms with Gasteiger partial charge in [-0.05, 0) is 61.6 Å². The maximum absolute atomic E-state index is 13.1. The van der Waals surface area contributed by atoms with Crippen molar-refractivity contribution in [1.82, 2.24) is 9.88 Å². The molecule has 3 rings (SSSR count). The van der Waals surface area contributed by atoms with Crippen molar-refractivity contribution in [3.05, 3.63) is 66.0 Å². The number of esters is 1. The summed E-state index contributed by atoms with van der Waals surface area (Å²) in [4.78, 5) is 18.9. The Labute approximate surface area is 152 Å². The minimum Gasteiger partial charge on any atom is -0.446 e. The Morgan fingerprint density at radius 2 is 1.77 bits per heavy atom. The summed E-state index contributed by atoms with van der Waals surface area (Å²) in [6.07, 6.45) is 0. The topological polar surface area (TPSA) is 42.4 Å². The lowest BCUT2D eigenvalue weighted by Gasteiger charge is -2.17. The van der Waals surface area contributed by atoms with E-state index in [4.69, 9.17) is 4.74 Å². The standard InChI is InChI=1S/C21H21FN2O2/c1-3-24(4-2)14-26-21(25)17-8-12-20-16(13-17)7-11-19(23-20)15-5-9-18(22)10-6-15/h5-13H,3-4,14H2,1-2H3. The summed E-state index contributed by atoms with van der Waals surface area (Å²) >= 11 is 0. The van der Waals surface area contributed by atoms with E-state index in [1.165, 1.54) is 12.1 Å². The molecule has 0 N–H and O–H groups in total. The van der Waals surface area contributed by atoms with E-state index < -0.39 is 0 Å². The number of rotatable bonds is 6. The van der Waals surface area contributed by atoms with Crippen LogP contribution in [0.1, 0.15) is 24.2 Å². The van der Waals surface area contributed by atoms with Crippen molar-refractivity contribution >= 4 is 16.9 Å². The second-order valence-corrected chi connectivity index (χ2v) is 5.98. The number of nitrogens with zero attached hydrogens (tertiary/aromatic N) is 2. The highest BCUT2D eigenvalue weighted by Crippen LogP contribution is 2.22. The van der Waals surface area contributed by atoms with Crippen LogP contribution in [0.3, 0.4) is 0 Å². The van der Waals surface area contributed by atoms with Crippen molar-refractivity contribution in [3.8, 4) is 11.3 Å². The van der Waals surface area contributed by atoms with Gasteiger partial charge in [0.05, 0.1) is 16.8 Å². The second-order valence-electron chi connectivity index (χ2n) is 5.98. The van der Waals surface area contributed by atoms with Gasteiger partial charge in [-0.25, -0.2) is 14.2 Å². The SMILES string of the molecule is CCN(CC)COC(=O)c1ccc2nc(-c3ccc(F)cc3)ccc2c1. The van der Waals surface area contributed by atoms with E-state index in [9.17, 15) is 9.18 Å². The minimum atomic E-state index is -0.346. The molecule has 1 aromatic heterocycles. The zero-order chi connectivity index (χ0) is 18.5. The predicted octanol–water partition coefficient (Wildman–Crippen LogP) is 4.50. The third-order valence-corrected chi connectivity index (χ3v) is 4.34. The summed E-state index contributed by atoms with van der Waals surface area (Å²) in [5.41, 5.74) is 2.87. The Morgan fingerprint density at radius 3 is 2.46 bits per heavy atom. The van der Waals surface area contributed by atoms with Crippen molar-refractivity contribution in [2.24, 2.45) is 0 Å². The Morgan fingerprint density at radius 1 is 1.04 bits per heavy atom. The molecule has 0 unspecified atom stereocenters. The Kier molecular flexibility index (Phi) is 5.58. The summed E-state index contributed by atoms with van der Waals surface area (Å²) in [6, 6.07) is 15.3. The number of halogens is 1. The van der Waals surface area contributed by atoms with E-state index in [0.717, 1.165) is 35.2 Å². The molecule has 3 aromatic rings. The molecule has 0 saturated carbocycles. The van der Waals surface area contributed by atoms with Crippen LogP contribution < -0.4 is 0 Å². The van der Waals surface area contributed by atoms with Crippen LogP contribution >= 0.6 is 0 Å². The summed E-state index contributed by atoms with van der Waals surface area (Å²) in [5, 5.41) is 0.855. The third-order valence-electron chi connectivity index (χ3n) is 4.34. The Hall–Kier alpha value is -2.79. The first-order valence-electron chi connectivity index (χ1n) is 8.67. The third kappa shape index (κ3) is 4.06. The molecule has 0 saturated heterocycles. The number of pyridine rings is 1. The van der Waals surface area contributed by atoms with E-state index in [1.807, 2.05) is 30.9 Å². The largest absolute Gasteiger partial charge is 0.446 e. The number of benzene rings is 2. The molecule has 2 aromatic carbocycles. The molecule has 1 heterocycles. The van der Waals surface area contributed by atoms with E-state index >= 15 is 0 Å². The monoisotopic (exact) mass is 352 g/mol. The van der Waals surface area contributed by atoms with Gasteiger partial charge >= 0.3 is 5.97 Å². The van der Waals surface area contributed by atoms with Crippen molar-refractivity contribution in [3.63, 3.8) is 0 Å². The summed E-state index contributed by atoms with van der Waals surface area (Å²) in [5.74, 6) is -0.621. The molecule has 0 atom stereocenters. The lowest BCUT2D eigenvalue weighted by molar-refractivity contribution is 0.0240. The van der Waals surface area contributed by atoms with Gasteiger partial charge in [-0.15, -0.1) is 0 Å². The van der Waals surface area contributed by atoms with Crippen molar-refractivity contribution < 1.29 is 13.9 Å². The van der Waals surface area contributed by atoms with Crippen LogP contribution in [0, 0.1) is 5.82 Å². The van der Waals surface area contributed by atoms with Gasteiger partial charge in [0, 0.05) is 10.9 Å². The normalized spacial score (nSPS) is 11.1. The fourth-order valence-electron chi connectivity index (χ4n) is 2.67. The molecular formula is C21H21FN2O2. The van der Waals surface area contributed by atoms with Gasteiger partial charge in [-0.2, -0.15) is 0 Å². The number of fused-ring (bicyclic) bond motifs is 1. The lowest BCUT2D eigenvalue weighted by Crippen LogP contribution is -2.27. The van der Waals surface area contributed by atoms with Crippen LogP contribution in [-0.2, 0) is 4.74 Å². The maximum atomic E-state index is 13.1. The fraction of sp³-hybridized carbons (Fsp3) is 0.238. The van der Waals surface area contributed by atoms with Crippen LogP contribution in [0.15, 0.2) is 54.6 Å². The molecule has 0 fully saturated rings. The number of aromatic nitrogens is 1. The first kappa shape index (κ1) is 18.0. The first-order chi connectivity index (χ1) is 12.6. The average molecular weight is 352 g/mol. The zero-order valence-electron chi connectivity index (χ0n) is 14.9. The highest BCUT2D eigenvalue weighted by atomic mass is 19.1. The highest BCUT2D eigenvalue weighted by molar-refractivity contribution is 5.94. The average Bonchev–Trinajstić information content (AvgIpc) is 2.68. The number of carbonyl (C=O) groups is 1. The fourth-order valence-corrected chi connectivity index (χ4v) is 2.67. The summed E-state index contributed by atoms with van der Waals surface area (Å²) < 4.78 is 18.4. The van der Waals surface area contributed by atoms with Crippen LogP contribution in [0.25, 0.3) is 22.2 Å². The number of hydrogen-bond acceptors (Lipinski definition) is 4. The van der Waals surface area contributed by atoms with E-state index in [-0.39, 0.29) is 18.5 Å². The molecule has 0 spiro atoms. The van der Waals surface area contributed by atoms with Crippen LogP contribution in [-0.4, -0.2) is 35.7 Å². The first-order valence-corrected chi connectivity index (χ1v) is 8.67. The second kappa shape index (κ2) is 8.06. The molecule has 0 radical (unpaired) electrons. The molecule has 26 heavy (non-hydrogen) atoms. The van der Waals surface area contributed by atoms with Gasteiger partial charge in [0.1, 0.15) is 12.5 Å². The van der Waals surface area contributed by atoms with Crippen molar-refractivity contribution in [2.45, 2.75) is 13.8 Å². The van der Waals surface area contributed by atoms with E-state index in [2.05, 4.69) is 4.98 Å². The van der Waals surface area contributed by atoms with Crippen molar-refractivity contribution in [2.75, 3.05) is 19.8 Å². The molecule has 0 aliphatic rings. The lowest BCUT2D eigenvalue weighted by atomic mass is 10.1. The summed E-state index contributed by atoms with van der Waals surface area (Å²) in [7, 11) is 0. The van der Waals surface area contributed by atoms with Crippen molar-refractivity contribution in [1.29, 1.82) is 0 Å². The Bertz CT molecular complexity index is 906. The molecule has 0 bridgehead atoms. The van der Waals surface area contributed by atoms with E-state index in [0.29, 0.717) is 5.56 Å². The minimum absolute atomic E-state index is 0.276. The van der Waals surface area contributed by atoms with Gasteiger partial charge in [-0.3, -0.25) is 4.90 Å². The number of ether oxygens (including phenoxy) is 1. The predicted molar refractivity (Wildman–Crippen MR) is 100 cm³/mol. The smallest absolute Gasteiger partial charge is 0.339 e. The summed E-state index contributed by atoms with van der Waals surface area (Å²) in [6.45, 7) is 6.00. The van der Waals surface area contributed by atoms with Crippen LogP contribution in [0.5, 0.6) is 0 Å². The molecule has 5 heteroatoms. The molecule has 0 aliphatic heterocycles. The maximum Gasteiger partial charge on any atom is 0.339 e. The van der Waals surface area contributed by atoms with Gasteiger partial charge in [0.2, 0.25) is 0 Å². The van der Waals surface area contributed by atoms with Gasteiger partial charge in [0.15, 0.2) is 0 Å². The molecule has 134 valence electrons. The van der Waals surface area contributed by atoms with Gasteiger partial charge in [-0.1, -0.05) is 19.9 Å². The Balaban J connectivity index is 1.80. The van der Waals surface area contributed by atoms with Gasteiger partial charge < -0.3 is 4.74 Å². The molecule has 0 aliphatic carbocycles. The van der Waals surface area contributed by atoms with Crippen LogP contribution in [0.2, 0.25) is 0 Å². The zero-order valence-corrected chi connectivity index (χ0v) is 14.9. The molecule has 4 nitrogen and oxygen atoms in total. The molecule has 0 amide bonds. The number of hydrogen-bond donors (Lipinski definition) is 0. The quantitative estimate of drug-likeness (QED) is 0.484. The van der Waals surface area contributed by atoms with Crippen LogP contribution in [0.4, 0.5) is 4.39 Å². The van der Waals surface area contributed by atoms with Gasteiger partial charge in [0.25, 0.3) is 0 Å². The van der Waals surface area contributed by atoms with E-state index in [1.54, 1.807) is 30.3 Å².